The van der Waals surface area contributed by atoms with Gasteiger partial charge in [-0.3, -0.25) is 0 Å². The number of aromatic nitrogens is 2. The van der Waals surface area contributed by atoms with Crippen LogP contribution in [0.25, 0.3) is 22.2 Å². The largest absolute Gasteiger partial charge is 0.573 e. The zero-order valence-electron chi connectivity index (χ0n) is 21.6. The Bertz CT molecular complexity index is 1490. The Hall–Kier alpha value is -3.82. The highest BCUT2D eigenvalue weighted by Gasteiger charge is 2.35. The van der Waals surface area contributed by atoms with Gasteiger partial charge < -0.3 is 19.7 Å². The standard InChI is InChI=1S/C29H28F5N3O2/c1-16-10-20(15-28(2,3)14-16)37-25-9-4-17(18-11-22(30)26(38)23(31)12-18)13-24(25)36-27(37)35-19-5-7-21(8-6-19)39-29(32,33)34/h4-9,11-13,16,20,38H,10,14-15H2,1-3H3,(H,35,36)/t16-,20+/m0/s1. The van der Waals surface area contributed by atoms with Gasteiger partial charge in [-0.05, 0) is 90.3 Å². The number of halogens is 5. The van der Waals surface area contributed by atoms with Gasteiger partial charge in [0, 0.05) is 11.7 Å². The van der Waals surface area contributed by atoms with E-state index in [0.29, 0.717) is 28.6 Å². The molecule has 1 aliphatic carbocycles. The summed E-state index contributed by atoms with van der Waals surface area (Å²) in [5.74, 6) is -2.52. The molecule has 3 aromatic carbocycles. The molecule has 0 saturated heterocycles. The first-order chi connectivity index (χ1) is 18.3. The van der Waals surface area contributed by atoms with Gasteiger partial charge in [-0.1, -0.05) is 26.8 Å². The van der Waals surface area contributed by atoms with Crippen molar-refractivity contribution in [2.75, 3.05) is 5.32 Å². The fourth-order valence-electron chi connectivity index (χ4n) is 5.83. The molecule has 1 saturated carbocycles. The molecule has 39 heavy (non-hydrogen) atoms. The molecule has 0 unspecified atom stereocenters. The third kappa shape index (κ3) is 5.79. The van der Waals surface area contributed by atoms with Gasteiger partial charge in [0.25, 0.3) is 0 Å². The molecule has 4 aromatic rings. The van der Waals surface area contributed by atoms with Crippen molar-refractivity contribution >= 4 is 22.7 Å². The predicted octanol–water partition coefficient (Wildman–Crippen LogP) is 8.72. The summed E-state index contributed by atoms with van der Waals surface area (Å²) >= 11 is 0. The van der Waals surface area contributed by atoms with Crippen LogP contribution in [0.2, 0.25) is 0 Å². The summed E-state index contributed by atoms with van der Waals surface area (Å²) in [6, 6.07) is 12.9. The Morgan fingerprint density at radius 1 is 0.974 bits per heavy atom. The number of imidazole rings is 1. The highest BCUT2D eigenvalue weighted by atomic mass is 19.4. The highest BCUT2D eigenvalue weighted by molar-refractivity contribution is 5.85. The Labute approximate surface area is 222 Å². The summed E-state index contributed by atoms with van der Waals surface area (Å²) in [6.07, 6.45) is -1.89. The van der Waals surface area contributed by atoms with Crippen molar-refractivity contribution in [3.8, 4) is 22.6 Å². The number of hydrogen-bond acceptors (Lipinski definition) is 4. The van der Waals surface area contributed by atoms with Gasteiger partial charge >= 0.3 is 6.36 Å². The lowest BCUT2D eigenvalue weighted by molar-refractivity contribution is -0.274. The lowest BCUT2D eigenvalue weighted by atomic mass is 9.70. The van der Waals surface area contributed by atoms with E-state index in [1.54, 1.807) is 12.1 Å². The number of phenolic OH excluding ortho intramolecular Hbond substituents is 1. The van der Waals surface area contributed by atoms with Crippen LogP contribution >= 0.6 is 0 Å². The summed E-state index contributed by atoms with van der Waals surface area (Å²) in [4.78, 5) is 4.79. The number of nitrogens with zero attached hydrogens (tertiary/aromatic N) is 2. The van der Waals surface area contributed by atoms with Crippen molar-refractivity contribution in [3.63, 3.8) is 0 Å². The second-order valence-corrected chi connectivity index (χ2v) is 11.1. The topological polar surface area (TPSA) is 59.3 Å². The molecule has 1 aromatic heterocycles. The monoisotopic (exact) mass is 545 g/mol. The lowest BCUT2D eigenvalue weighted by Gasteiger charge is -2.40. The zero-order valence-corrected chi connectivity index (χ0v) is 21.6. The summed E-state index contributed by atoms with van der Waals surface area (Å²) < 4.78 is 71.9. The summed E-state index contributed by atoms with van der Waals surface area (Å²) in [5.41, 5.74) is 2.77. The average Bonchev–Trinajstić information content (AvgIpc) is 3.18. The third-order valence-electron chi connectivity index (χ3n) is 7.11. The number of ether oxygens (including phenoxy) is 1. The number of fused-ring (bicyclic) bond motifs is 1. The van der Waals surface area contributed by atoms with Crippen LogP contribution in [0.3, 0.4) is 0 Å². The second kappa shape index (κ2) is 9.73. The molecule has 0 spiro atoms. The highest BCUT2D eigenvalue weighted by Crippen LogP contribution is 2.46. The maximum Gasteiger partial charge on any atom is 0.573 e. The molecule has 2 N–H and O–H groups in total. The van der Waals surface area contributed by atoms with Gasteiger partial charge in [-0.2, -0.15) is 0 Å². The van der Waals surface area contributed by atoms with Crippen LogP contribution in [0.15, 0.2) is 54.6 Å². The Balaban J connectivity index is 1.57. The average molecular weight is 546 g/mol. The molecule has 1 aliphatic rings. The van der Waals surface area contributed by atoms with Crippen molar-refractivity contribution in [2.24, 2.45) is 11.3 Å². The number of rotatable bonds is 5. The number of phenols is 1. The summed E-state index contributed by atoms with van der Waals surface area (Å²) in [6.45, 7) is 6.67. The van der Waals surface area contributed by atoms with E-state index in [9.17, 15) is 27.1 Å². The SMILES string of the molecule is C[C@H]1C[C@@H](n2c(Nc3ccc(OC(F)(F)F)cc3)nc3cc(-c4cc(F)c(O)c(F)c4)ccc32)CC(C)(C)C1. The minimum atomic E-state index is -4.78. The van der Waals surface area contributed by atoms with Crippen LogP contribution < -0.4 is 10.1 Å². The zero-order chi connectivity index (χ0) is 28.1. The first kappa shape index (κ1) is 26.8. The Morgan fingerprint density at radius 2 is 1.64 bits per heavy atom. The van der Waals surface area contributed by atoms with Crippen LogP contribution in [0.4, 0.5) is 33.6 Å². The Morgan fingerprint density at radius 3 is 2.26 bits per heavy atom. The van der Waals surface area contributed by atoms with Crippen LogP contribution in [0.5, 0.6) is 11.5 Å². The Kier molecular flexibility index (Phi) is 6.68. The predicted molar refractivity (Wildman–Crippen MR) is 139 cm³/mol. The molecule has 5 rings (SSSR count). The minimum Gasteiger partial charge on any atom is -0.503 e. The third-order valence-corrected chi connectivity index (χ3v) is 7.11. The van der Waals surface area contributed by atoms with Gasteiger partial charge in [0.2, 0.25) is 5.95 Å². The molecule has 1 heterocycles. The van der Waals surface area contributed by atoms with E-state index in [4.69, 9.17) is 4.98 Å². The number of nitrogens with one attached hydrogen (secondary N) is 1. The molecule has 0 amide bonds. The fraction of sp³-hybridized carbons (Fsp3) is 0.345. The number of anilines is 2. The van der Waals surface area contributed by atoms with E-state index in [-0.39, 0.29) is 22.8 Å². The number of hydrogen-bond donors (Lipinski definition) is 2. The molecule has 0 aliphatic heterocycles. The van der Waals surface area contributed by atoms with E-state index in [1.807, 2.05) is 6.07 Å². The molecule has 2 atom stereocenters. The lowest BCUT2D eigenvalue weighted by Crippen LogP contribution is -2.29. The molecule has 206 valence electrons. The first-order valence-electron chi connectivity index (χ1n) is 12.6. The quantitative estimate of drug-likeness (QED) is 0.246. The van der Waals surface area contributed by atoms with Crippen molar-refractivity contribution in [1.82, 2.24) is 9.55 Å². The second-order valence-electron chi connectivity index (χ2n) is 11.1. The molecule has 1 fully saturated rings. The number of benzene rings is 3. The van der Waals surface area contributed by atoms with E-state index in [2.05, 4.69) is 35.4 Å². The fourth-order valence-corrected chi connectivity index (χ4v) is 5.83. The molecule has 10 heteroatoms. The summed E-state index contributed by atoms with van der Waals surface area (Å²) in [5, 5.41) is 12.7. The van der Waals surface area contributed by atoms with Crippen molar-refractivity contribution in [3.05, 3.63) is 66.2 Å². The first-order valence-corrected chi connectivity index (χ1v) is 12.6. The number of alkyl halides is 3. The van der Waals surface area contributed by atoms with Crippen LogP contribution in [0.1, 0.15) is 46.1 Å². The van der Waals surface area contributed by atoms with E-state index < -0.39 is 23.7 Å². The van der Waals surface area contributed by atoms with Crippen molar-refractivity contribution in [2.45, 2.75) is 52.4 Å². The van der Waals surface area contributed by atoms with Gasteiger partial charge in [0.15, 0.2) is 17.4 Å². The van der Waals surface area contributed by atoms with Gasteiger partial charge in [-0.15, -0.1) is 13.2 Å². The van der Waals surface area contributed by atoms with Crippen LogP contribution in [-0.2, 0) is 0 Å². The minimum absolute atomic E-state index is 0.0911. The van der Waals surface area contributed by atoms with Crippen LogP contribution in [-0.4, -0.2) is 21.0 Å². The smallest absolute Gasteiger partial charge is 0.503 e. The van der Waals surface area contributed by atoms with Crippen molar-refractivity contribution < 1.29 is 31.8 Å². The number of aromatic hydroxyl groups is 1. The molecular weight excluding hydrogens is 517 g/mol. The maximum absolute atomic E-state index is 14.0. The molecule has 5 nitrogen and oxygen atoms in total. The van der Waals surface area contributed by atoms with Gasteiger partial charge in [-0.25, -0.2) is 13.8 Å². The van der Waals surface area contributed by atoms with Gasteiger partial charge in [0.05, 0.1) is 11.0 Å². The van der Waals surface area contributed by atoms with Crippen LogP contribution in [0, 0.1) is 23.0 Å². The molecule has 0 bridgehead atoms. The maximum atomic E-state index is 14.0. The summed E-state index contributed by atoms with van der Waals surface area (Å²) in [7, 11) is 0. The van der Waals surface area contributed by atoms with E-state index in [1.165, 1.54) is 24.3 Å². The van der Waals surface area contributed by atoms with E-state index in [0.717, 1.165) is 36.9 Å². The molecule has 0 radical (unpaired) electrons. The van der Waals surface area contributed by atoms with Crippen molar-refractivity contribution in [1.29, 1.82) is 0 Å². The molecular formula is C29H28F5N3O2. The van der Waals surface area contributed by atoms with E-state index >= 15 is 0 Å². The van der Waals surface area contributed by atoms with Gasteiger partial charge in [0.1, 0.15) is 5.75 Å². The normalized spacial score (nSPS) is 19.3.